The second-order valence-corrected chi connectivity index (χ2v) is 5.74. The molecule has 2 N–H and O–H groups in total. The first kappa shape index (κ1) is 14.4. The zero-order valence-electron chi connectivity index (χ0n) is 12.5. The Morgan fingerprint density at radius 1 is 1.38 bits per heavy atom. The minimum atomic E-state index is 0.447. The molecule has 2 heterocycles. The fourth-order valence-corrected chi connectivity index (χ4v) is 2.88. The largest absolute Gasteiger partial charge is 0.379 e. The van der Waals surface area contributed by atoms with Crippen LogP contribution in [0.15, 0.2) is 36.5 Å². The summed E-state index contributed by atoms with van der Waals surface area (Å²) in [5.74, 6) is 0. The van der Waals surface area contributed by atoms with Crippen LogP contribution in [0, 0.1) is 0 Å². The number of hydrogen-bond acceptors (Lipinski definition) is 4. The average molecular weight is 285 g/mol. The number of aromatic nitrogens is 1. The van der Waals surface area contributed by atoms with Gasteiger partial charge in [0.25, 0.3) is 0 Å². The molecule has 1 fully saturated rings. The monoisotopic (exact) mass is 285 g/mol. The lowest BCUT2D eigenvalue weighted by Gasteiger charge is -2.26. The normalized spacial score (nSPS) is 20.5. The predicted octanol–water partition coefficient (Wildman–Crippen LogP) is 2.09. The maximum atomic E-state index is 5.50. The molecule has 4 heteroatoms. The van der Waals surface area contributed by atoms with Crippen LogP contribution in [0.2, 0.25) is 0 Å². The molecule has 0 amide bonds. The van der Waals surface area contributed by atoms with Crippen LogP contribution in [0.4, 0.5) is 0 Å². The Balaban J connectivity index is 1.58. The van der Waals surface area contributed by atoms with Crippen molar-refractivity contribution in [3.63, 3.8) is 0 Å². The summed E-state index contributed by atoms with van der Waals surface area (Å²) in [6, 6.07) is 11.4. The second-order valence-electron chi connectivity index (χ2n) is 5.74. The molecule has 112 valence electrons. The van der Waals surface area contributed by atoms with Crippen molar-refractivity contribution in [2.45, 2.75) is 32.0 Å². The van der Waals surface area contributed by atoms with Crippen molar-refractivity contribution in [3.8, 4) is 0 Å². The summed E-state index contributed by atoms with van der Waals surface area (Å²) in [5, 5.41) is 8.30. The molecule has 1 aliphatic rings. The number of benzene rings is 1. The van der Waals surface area contributed by atoms with Gasteiger partial charge in [0.2, 0.25) is 0 Å². The van der Waals surface area contributed by atoms with Crippen LogP contribution < -0.4 is 10.6 Å². The average Bonchev–Trinajstić information content (AvgIpc) is 2.54. The molecule has 3 rings (SSSR count). The van der Waals surface area contributed by atoms with E-state index in [2.05, 4.69) is 46.8 Å². The molecule has 0 aliphatic carbocycles. The first-order valence-corrected chi connectivity index (χ1v) is 7.70. The summed E-state index contributed by atoms with van der Waals surface area (Å²) in [5.41, 5.74) is 2.35. The van der Waals surface area contributed by atoms with Crippen molar-refractivity contribution in [2.24, 2.45) is 0 Å². The van der Waals surface area contributed by atoms with Crippen LogP contribution in [0.1, 0.15) is 18.9 Å². The van der Waals surface area contributed by atoms with Gasteiger partial charge < -0.3 is 15.4 Å². The third-order valence-electron chi connectivity index (χ3n) is 3.99. The van der Waals surface area contributed by atoms with E-state index in [0.29, 0.717) is 12.1 Å². The zero-order chi connectivity index (χ0) is 14.5. The lowest BCUT2D eigenvalue weighted by atomic mass is 10.1. The summed E-state index contributed by atoms with van der Waals surface area (Å²) < 4.78 is 5.50. The molecule has 4 nitrogen and oxygen atoms in total. The van der Waals surface area contributed by atoms with Crippen molar-refractivity contribution in [1.29, 1.82) is 0 Å². The summed E-state index contributed by atoms with van der Waals surface area (Å²) >= 11 is 0. The molecular weight excluding hydrogens is 262 g/mol. The minimum absolute atomic E-state index is 0.447. The molecule has 1 aromatic heterocycles. The lowest BCUT2D eigenvalue weighted by Crippen LogP contribution is -2.44. The molecule has 2 unspecified atom stereocenters. The smallest absolute Gasteiger partial charge is 0.0746 e. The van der Waals surface area contributed by atoms with Crippen molar-refractivity contribution < 1.29 is 4.74 Å². The van der Waals surface area contributed by atoms with Crippen molar-refractivity contribution in [3.05, 3.63) is 42.1 Å². The van der Waals surface area contributed by atoms with E-state index in [1.54, 1.807) is 0 Å². The highest BCUT2D eigenvalue weighted by atomic mass is 16.5. The van der Waals surface area contributed by atoms with Gasteiger partial charge in [-0.05, 0) is 25.0 Å². The van der Waals surface area contributed by atoms with Crippen LogP contribution in [0.5, 0.6) is 0 Å². The van der Waals surface area contributed by atoms with E-state index in [-0.39, 0.29) is 0 Å². The predicted molar refractivity (Wildman–Crippen MR) is 85.3 cm³/mol. The molecule has 21 heavy (non-hydrogen) atoms. The van der Waals surface area contributed by atoms with Gasteiger partial charge in [0.15, 0.2) is 0 Å². The van der Waals surface area contributed by atoms with E-state index in [1.165, 1.54) is 10.9 Å². The van der Waals surface area contributed by atoms with Gasteiger partial charge in [-0.2, -0.15) is 0 Å². The fraction of sp³-hybridized carbons (Fsp3) is 0.471. The highest BCUT2D eigenvalue weighted by molar-refractivity contribution is 5.81. The van der Waals surface area contributed by atoms with Crippen LogP contribution in [-0.4, -0.2) is 36.8 Å². The van der Waals surface area contributed by atoms with Gasteiger partial charge in [-0.25, -0.2) is 0 Å². The van der Waals surface area contributed by atoms with Gasteiger partial charge in [0.1, 0.15) is 0 Å². The molecule has 0 saturated carbocycles. The van der Waals surface area contributed by atoms with Crippen LogP contribution in [0.25, 0.3) is 10.9 Å². The van der Waals surface area contributed by atoms with Crippen molar-refractivity contribution >= 4 is 10.9 Å². The van der Waals surface area contributed by atoms with E-state index in [1.807, 2.05) is 12.3 Å². The number of hydrogen-bond donors (Lipinski definition) is 2. The molecule has 2 atom stereocenters. The van der Waals surface area contributed by atoms with Gasteiger partial charge in [-0.1, -0.05) is 24.3 Å². The second kappa shape index (κ2) is 6.98. The topological polar surface area (TPSA) is 46.2 Å². The quantitative estimate of drug-likeness (QED) is 0.883. The van der Waals surface area contributed by atoms with E-state index in [0.717, 1.165) is 38.2 Å². The Labute approximate surface area is 125 Å². The third-order valence-corrected chi connectivity index (χ3v) is 3.99. The zero-order valence-corrected chi connectivity index (χ0v) is 12.5. The Kier molecular flexibility index (Phi) is 4.80. The fourth-order valence-electron chi connectivity index (χ4n) is 2.88. The van der Waals surface area contributed by atoms with Crippen molar-refractivity contribution in [1.82, 2.24) is 15.6 Å². The highest BCUT2D eigenvalue weighted by Crippen LogP contribution is 2.16. The number of morpholine rings is 1. The molecular formula is C17H23N3O. The van der Waals surface area contributed by atoms with Crippen LogP contribution >= 0.6 is 0 Å². The number of para-hydroxylation sites is 1. The van der Waals surface area contributed by atoms with E-state index >= 15 is 0 Å². The van der Waals surface area contributed by atoms with Gasteiger partial charge >= 0.3 is 0 Å². The van der Waals surface area contributed by atoms with E-state index < -0.39 is 0 Å². The number of nitrogens with one attached hydrogen (secondary N) is 2. The standard InChI is InChI=1S/C17H23N3O/c1-13(10-16-12-21-9-8-18-16)20-11-15-5-2-4-14-6-3-7-19-17(14)15/h2-7,13,16,18,20H,8-12H2,1H3. The summed E-state index contributed by atoms with van der Waals surface area (Å²) in [7, 11) is 0. The molecule has 1 aromatic carbocycles. The van der Waals surface area contributed by atoms with E-state index in [4.69, 9.17) is 4.74 Å². The number of ether oxygens (including phenoxy) is 1. The number of nitrogens with zero attached hydrogens (tertiary/aromatic N) is 1. The molecule has 0 spiro atoms. The number of fused-ring (bicyclic) bond motifs is 1. The molecule has 0 bridgehead atoms. The van der Waals surface area contributed by atoms with Gasteiger partial charge in [0.05, 0.1) is 18.7 Å². The number of rotatable bonds is 5. The van der Waals surface area contributed by atoms with Gasteiger partial charge in [-0.3, -0.25) is 4.98 Å². The lowest BCUT2D eigenvalue weighted by molar-refractivity contribution is 0.0712. The Morgan fingerprint density at radius 3 is 3.14 bits per heavy atom. The summed E-state index contributed by atoms with van der Waals surface area (Å²) in [4.78, 5) is 4.50. The van der Waals surface area contributed by atoms with Crippen LogP contribution in [0.3, 0.4) is 0 Å². The first-order chi connectivity index (χ1) is 10.3. The van der Waals surface area contributed by atoms with Gasteiger partial charge in [0, 0.05) is 36.8 Å². The third kappa shape index (κ3) is 3.79. The summed E-state index contributed by atoms with van der Waals surface area (Å²) in [6.07, 6.45) is 2.94. The van der Waals surface area contributed by atoms with Crippen LogP contribution in [-0.2, 0) is 11.3 Å². The van der Waals surface area contributed by atoms with E-state index in [9.17, 15) is 0 Å². The Hall–Kier alpha value is -1.49. The maximum absolute atomic E-state index is 5.50. The maximum Gasteiger partial charge on any atom is 0.0746 e. The molecule has 1 aliphatic heterocycles. The first-order valence-electron chi connectivity index (χ1n) is 7.70. The molecule has 1 saturated heterocycles. The van der Waals surface area contributed by atoms with Crippen molar-refractivity contribution in [2.75, 3.05) is 19.8 Å². The molecule has 0 radical (unpaired) electrons. The van der Waals surface area contributed by atoms with Gasteiger partial charge in [-0.15, -0.1) is 0 Å². The Bertz CT molecular complexity index is 576. The summed E-state index contributed by atoms with van der Waals surface area (Å²) in [6.45, 7) is 5.70. The minimum Gasteiger partial charge on any atom is -0.379 e. The molecule has 2 aromatic rings. The Morgan fingerprint density at radius 2 is 2.29 bits per heavy atom. The SMILES string of the molecule is CC(CC1COCCN1)NCc1cccc2cccnc12. The number of pyridine rings is 1. The highest BCUT2D eigenvalue weighted by Gasteiger charge is 2.16.